The van der Waals surface area contributed by atoms with Crippen LogP contribution >= 0.6 is 0 Å². The maximum absolute atomic E-state index is 13.0. The molecule has 53 heavy (non-hydrogen) atoms. The molecule has 1 rings (SSSR count). The van der Waals surface area contributed by atoms with Crippen LogP contribution in [0.2, 0.25) is 0 Å². The summed E-state index contributed by atoms with van der Waals surface area (Å²) in [7, 11) is 0. The van der Waals surface area contributed by atoms with Crippen molar-refractivity contribution in [3.8, 4) is 5.75 Å². The van der Waals surface area contributed by atoms with Crippen molar-refractivity contribution in [3.63, 3.8) is 0 Å². The number of carbonyl (C=O) groups is 1. The van der Waals surface area contributed by atoms with Gasteiger partial charge < -0.3 is 25.3 Å². The van der Waals surface area contributed by atoms with E-state index in [0.717, 1.165) is 36.3 Å². The average Bonchev–Trinajstić information content (AvgIpc) is 3.17. The lowest BCUT2D eigenvalue weighted by Gasteiger charge is -2.20. The zero-order chi connectivity index (χ0) is 38.5. The van der Waals surface area contributed by atoms with Crippen LogP contribution in [0.3, 0.4) is 0 Å². The van der Waals surface area contributed by atoms with Gasteiger partial charge in [0.1, 0.15) is 12.4 Å². The van der Waals surface area contributed by atoms with Crippen molar-refractivity contribution in [3.05, 3.63) is 53.6 Å². The molecule has 0 aromatic heterocycles. The second-order valence-electron chi connectivity index (χ2n) is 15.4. The van der Waals surface area contributed by atoms with Gasteiger partial charge in [-0.15, -0.1) is 0 Å². The highest BCUT2D eigenvalue weighted by atomic mass is 16.5. The van der Waals surface area contributed by atoms with Crippen molar-refractivity contribution in [2.45, 2.75) is 200 Å². The minimum absolute atomic E-state index is 0.157. The number of hydrogen-bond acceptors (Lipinski definition) is 5. The van der Waals surface area contributed by atoms with Crippen LogP contribution in [0.5, 0.6) is 5.75 Å². The predicted molar refractivity (Wildman–Crippen MR) is 228 cm³/mol. The first-order valence-electron chi connectivity index (χ1n) is 22.2. The Morgan fingerprint density at radius 3 is 1.66 bits per heavy atom. The molecule has 6 nitrogen and oxygen atoms in total. The van der Waals surface area contributed by atoms with Gasteiger partial charge in [-0.1, -0.05) is 185 Å². The lowest BCUT2D eigenvalue weighted by Crippen LogP contribution is -2.45. The molecule has 0 heterocycles. The Labute approximate surface area is 327 Å². The first-order chi connectivity index (χ1) is 26.0. The maximum Gasteiger partial charge on any atom is 0.237 e. The molecule has 0 bridgehead atoms. The number of nitrogens with two attached hydrogens (primary N) is 1. The Morgan fingerprint density at radius 2 is 1.17 bits per heavy atom. The van der Waals surface area contributed by atoms with E-state index in [2.05, 4.69) is 19.2 Å². The molecule has 3 N–H and O–H groups in total. The summed E-state index contributed by atoms with van der Waals surface area (Å²) in [4.78, 5) is 13.0. The molecule has 0 radical (unpaired) electrons. The van der Waals surface area contributed by atoms with E-state index in [4.69, 9.17) is 19.9 Å². The maximum atomic E-state index is 13.0. The lowest BCUT2D eigenvalue weighted by atomic mass is 10.1. The fourth-order valence-corrected chi connectivity index (χ4v) is 6.54. The third-order valence-electron chi connectivity index (χ3n) is 10.1. The monoisotopic (exact) mass is 741 g/mol. The summed E-state index contributed by atoms with van der Waals surface area (Å²) in [5.41, 5.74) is 8.50. The van der Waals surface area contributed by atoms with Gasteiger partial charge in [0.05, 0.1) is 18.8 Å². The standard InChI is InChI=1S/C47H84N2O4/c1-5-8-11-13-15-17-19-21-23-25-27-29-36-51-41-45(52-37-30-28-26-24-22-20-18-16-14-12-9-6-2)39-49-47(50)46(48)38-43-32-34-44(35-33-43)53-40-42(4)31-10-7-3/h7,10,31-35,45-46H,5-6,8-9,11-30,36-41,48H2,1-4H3,(H,49,50)/b10-7-,42-31+/t45?,46-/m0/s1. The van der Waals surface area contributed by atoms with Crippen LogP contribution < -0.4 is 15.8 Å². The molecular weight excluding hydrogens is 657 g/mol. The van der Waals surface area contributed by atoms with Gasteiger partial charge in [-0.25, -0.2) is 0 Å². The molecule has 6 heteroatoms. The summed E-state index contributed by atoms with van der Waals surface area (Å²) < 4.78 is 18.2. The Morgan fingerprint density at radius 1 is 0.698 bits per heavy atom. The number of unbranched alkanes of at least 4 members (excludes halogenated alkanes) is 22. The van der Waals surface area contributed by atoms with Crippen molar-refractivity contribution in [2.24, 2.45) is 5.73 Å². The van der Waals surface area contributed by atoms with E-state index in [1.54, 1.807) is 0 Å². The Hall–Kier alpha value is -2.15. The van der Waals surface area contributed by atoms with Gasteiger partial charge in [-0.2, -0.15) is 0 Å². The van der Waals surface area contributed by atoms with E-state index in [-0.39, 0.29) is 12.0 Å². The van der Waals surface area contributed by atoms with E-state index >= 15 is 0 Å². The fraction of sp³-hybridized carbons (Fsp3) is 0.766. The average molecular weight is 741 g/mol. The molecule has 1 aromatic rings. The molecule has 0 saturated carbocycles. The normalized spacial score (nSPS) is 13.1. The Bertz CT molecular complexity index is 1010. The number of benzene rings is 1. The number of carbonyl (C=O) groups excluding carboxylic acids is 1. The van der Waals surface area contributed by atoms with Crippen LogP contribution in [-0.4, -0.2) is 51.0 Å². The Kier molecular flexibility index (Phi) is 33.9. The van der Waals surface area contributed by atoms with Crippen LogP contribution in [0.25, 0.3) is 0 Å². The zero-order valence-corrected chi connectivity index (χ0v) is 35.1. The first-order valence-corrected chi connectivity index (χ1v) is 22.2. The van der Waals surface area contributed by atoms with E-state index in [1.807, 2.05) is 56.3 Å². The molecule has 1 aromatic carbocycles. The van der Waals surface area contributed by atoms with Crippen LogP contribution in [0, 0.1) is 0 Å². The number of nitrogens with one attached hydrogen (secondary N) is 1. The number of allylic oxidation sites excluding steroid dienone is 3. The van der Waals surface area contributed by atoms with Crippen molar-refractivity contribution < 1.29 is 19.0 Å². The fourth-order valence-electron chi connectivity index (χ4n) is 6.54. The summed E-state index contributed by atoms with van der Waals surface area (Å²) in [6.07, 6.45) is 38.2. The topological polar surface area (TPSA) is 82.8 Å². The second kappa shape index (κ2) is 36.8. The molecule has 0 aliphatic heterocycles. The van der Waals surface area contributed by atoms with Gasteiger partial charge in [0.2, 0.25) is 5.91 Å². The summed E-state index contributed by atoms with van der Waals surface area (Å²) in [6.45, 7) is 11.5. The van der Waals surface area contributed by atoms with E-state index < -0.39 is 6.04 Å². The highest BCUT2D eigenvalue weighted by Crippen LogP contribution is 2.16. The third-order valence-corrected chi connectivity index (χ3v) is 10.1. The van der Waals surface area contributed by atoms with E-state index in [0.29, 0.717) is 32.8 Å². The molecule has 306 valence electrons. The minimum atomic E-state index is -0.633. The van der Waals surface area contributed by atoms with Crippen molar-refractivity contribution in [1.29, 1.82) is 0 Å². The van der Waals surface area contributed by atoms with E-state index in [1.165, 1.54) is 141 Å². The summed E-state index contributed by atoms with van der Waals surface area (Å²) in [6, 6.07) is 7.22. The molecule has 0 aliphatic carbocycles. The summed E-state index contributed by atoms with van der Waals surface area (Å²) in [5.74, 6) is 0.645. The molecule has 0 aliphatic rings. The summed E-state index contributed by atoms with van der Waals surface area (Å²) >= 11 is 0. The highest BCUT2D eigenvalue weighted by Gasteiger charge is 2.17. The number of amides is 1. The minimum Gasteiger partial charge on any atom is -0.489 e. The number of ether oxygens (including phenoxy) is 3. The first kappa shape index (κ1) is 48.9. The van der Waals surface area contributed by atoms with Crippen molar-refractivity contribution in [1.82, 2.24) is 5.32 Å². The quantitative estimate of drug-likeness (QED) is 0.0521. The predicted octanol–water partition coefficient (Wildman–Crippen LogP) is 12.4. The molecular formula is C47H84N2O4. The number of hydrogen-bond donors (Lipinski definition) is 2. The van der Waals surface area contributed by atoms with Crippen molar-refractivity contribution in [2.75, 3.05) is 33.0 Å². The Balaban J connectivity index is 2.38. The molecule has 1 unspecified atom stereocenters. The van der Waals surface area contributed by atoms with E-state index in [9.17, 15) is 4.79 Å². The number of rotatable bonds is 38. The van der Waals surface area contributed by atoms with Crippen LogP contribution in [0.4, 0.5) is 0 Å². The van der Waals surface area contributed by atoms with Gasteiger partial charge in [-0.05, 0) is 56.4 Å². The molecule has 1 amide bonds. The van der Waals surface area contributed by atoms with Crippen molar-refractivity contribution >= 4 is 5.91 Å². The van der Waals surface area contributed by atoms with Crippen LogP contribution in [-0.2, 0) is 20.7 Å². The third kappa shape index (κ3) is 30.8. The highest BCUT2D eigenvalue weighted by molar-refractivity contribution is 5.81. The van der Waals surface area contributed by atoms with Crippen LogP contribution in [0.15, 0.2) is 48.1 Å². The van der Waals surface area contributed by atoms with Gasteiger partial charge in [0.25, 0.3) is 0 Å². The lowest BCUT2D eigenvalue weighted by molar-refractivity contribution is -0.123. The SMILES string of the molecule is C/C=C\C=C(/C)COc1ccc(C[C@H](N)C(=O)NCC(COCCCCCCCCCCCCCC)OCCCCCCCCCCCCCC)cc1. The molecule has 0 spiro atoms. The summed E-state index contributed by atoms with van der Waals surface area (Å²) in [5, 5.41) is 3.05. The molecule has 0 fully saturated rings. The van der Waals surface area contributed by atoms with Gasteiger partial charge in [0.15, 0.2) is 0 Å². The zero-order valence-electron chi connectivity index (χ0n) is 35.1. The largest absolute Gasteiger partial charge is 0.489 e. The van der Waals surface area contributed by atoms with Gasteiger partial charge in [-0.3, -0.25) is 4.79 Å². The molecule has 2 atom stereocenters. The molecule has 0 saturated heterocycles. The van der Waals surface area contributed by atoms with Gasteiger partial charge in [0, 0.05) is 19.8 Å². The second-order valence-corrected chi connectivity index (χ2v) is 15.4. The van der Waals surface area contributed by atoms with Crippen LogP contribution in [0.1, 0.15) is 187 Å². The smallest absolute Gasteiger partial charge is 0.237 e. The van der Waals surface area contributed by atoms with Gasteiger partial charge >= 0.3 is 0 Å².